The van der Waals surface area contributed by atoms with Crippen molar-refractivity contribution in [2.75, 3.05) is 18.0 Å². The van der Waals surface area contributed by atoms with Crippen molar-refractivity contribution >= 4 is 5.95 Å². The number of hydrogen-bond donors (Lipinski definition) is 1. The number of rotatable bonds is 4. The first-order chi connectivity index (χ1) is 9.69. The van der Waals surface area contributed by atoms with Gasteiger partial charge in [-0.2, -0.15) is 0 Å². The average Bonchev–Trinajstić information content (AvgIpc) is 3.00. The number of imidazole rings is 1. The smallest absolute Gasteiger partial charge is 0.205 e. The van der Waals surface area contributed by atoms with Crippen LogP contribution in [-0.4, -0.2) is 28.7 Å². The lowest BCUT2D eigenvalue weighted by molar-refractivity contribution is 0.260. The van der Waals surface area contributed by atoms with Gasteiger partial charge < -0.3 is 15.2 Å². The van der Waals surface area contributed by atoms with Gasteiger partial charge in [0.1, 0.15) is 0 Å². The molecule has 0 amide bonds. The maximum absolute atomic E-state index is 6.33. The second-order valence-corrected chi connectivity index (χ2v) is 6.65. The van der Waals surface area contributed by atoms with E-state index in [0.29, 0.717) is 12.0 Å². The number of nitrogens with zero attached hydrogens (tertiary/aromatic N) is 3. The molecule has 1 saturated heterocycles. The maximum Gasteiger partial charge on any atom is 0.205 e. The summed E-state index contributed by atoms with van der Waals surface area (Å²) in [5, 5.41) is 0. The van der Waals surface area contributed by atoms with Gasteiger partial charge in [0.15, 0.2) is 0 Å². The van der Waals surface area contributed by atoms with E-state index in [2.05, 4.69) is 29.5 Å². The lowest BCUT2D eigenvalue weighted by Gasteiger charge is -2.29. The summed E-state index contributed by atoms with van der Waals surface area (Å²) < 4.78 is 2.35. The van der Waals surface area contributed by atoms with Gasteiger partial charge in [-0.3, -0.25) is 0 Å². The van der Waals surface area contributed by atoms with E-state index in [1.807, 2.05) is 0 Å². The van der Waals surface area contributed by atoms with Crippen LogP contribution >= 0.6 is 0 Å². The minimum absolute atomic E-state index is 0.402. The fraction of sp³-hybridized carbons (Fsp3) is 0.812. The van der Waals surface area contributed by atoms with E-state index in [0.717, 1.165) is 31.2 Å². The number of anilines is 1. The van der Waals surface area contributed by atoms with Crippen molar-refractivity contribution in [1.82, 2.24) is 9.55 Å². The Bertz CT molecular complexity index is 453. The van der Waals surface area contributed by atoms with Crippen LogP contribution in [0.15, 0.2) is 6.20 Å². The largest absolute Gasteiger partial charge is 0.342 e. The number of unbranched alkanes of at least 4 members (excludes halogenated alkanes) is 1. The van der Waals surface area contributed by atoms with Gasteiger partial charge in [-0.15, -0.1) is 0 Å². The molecule has 4 nitrogen and oxygen atoms in total. The van der Waals surface area contributed by atoms with E-state index < -0.39 is 0 Å². The average molecular weight is 276 g/mol. The summed E-state index contributed by atoms with van der Waals surface area (Å²) in [5.74, 6) is 2.65. The molecule has 0 spiro atoms. The third kappa shape index (κ3) is 2.58. The molecule has 1 aliphatic carbocycles. The zero-order valence-electron chi connectivity index (χ0n) is 12.9. The number of hydrogen-bond acceptors (Lipinski definition) is 3. The van der Waals surface area contributed by atoms with Crippen molar-refractivity contribution in [2.24, 2.45) is 17.6 Å². The molecule has 2 aliphatic rings. The molecular weight excluding hydrogens is 248 g/mol. The Morgan fingerprint density at radius 1 is 1.35 bits per heavy atom. The molecule has 1 aromatic rings. The Kier molecular flexibility index (Phi) is 4.01. The summed E-state index contributed by atoms with van der Waals surface area (Å²) in [4.78, 5) is 7.27. The van der Waals surface area contributed by atoms with Gasteiger partial charge in [0.05, 0.1) is 5.69 Å². The molecule has 20 heavy (non-hydrogen) atoms. The topological polar surface area (TPSA) is 47.1 Å². The highest BCUT2D eigenvalue weighted by Gasteiger charge is 2.39. The van der Waals surface area contributed by atoms with E-state index >= 15 is 0 Å². The summed E-state index contributed by atoms with van der Waals surface area (Å²) in [6.45, 7) is 7.69. The molecule has 3 atom stereocenters. The van der Waals surface area contributed by atoms with E-state index in [4.69, 9.17) is 10.7 Å². The standard InChI is InChI=1S/C16H28N4/c1-3-4-8-19-9-12(2)18-16(19)20-10-13-6-5-7-15(17)14(13)11-20/h9,13-15H,3-8,10-11,17H2,1-2H3. The number of fused-ring (bicyclic) bond motifs is 1. The minimum atomic E-state index is 0.402. The minimum Gasteiger partial charge on any atom is -0.342 e. The predicted molar refractivity (Wildman–Crippen MR) is 82.9 cm³/mol. The van der Waals surface area contributed by atoms with Gasteiger partial charge in [-0.05, 0) is 38.0 Å². The summed E-state index contributed by atoms with van der Waals surface area (Å²) in [6.07, 6.45) is 8.52. The van der Waals surface area contributed by atoms with E-state index in [1.54, 1.807) is 0 Å². The van der Waals surface area contributed by atoms with Crippen LogP contribution in [-0.2, 0) is 6.54 Å². The molecule has 112 valence electrons. The molecule has 3 rings (SSSR count). The van der Waals surface area contributed by atoms with Gasteiger partial charge in [0.25, 0.3) is 0 Å². The molecule has 0 radical (unpaired) electrons. The quantitative estimate of drug-likeness (QED) is 0.919. The van der Waals surface area contributed by atoms with Gasteiger partial charge in [-0.1, -0.05) is 19.8 Å². The summed E-state index contributed by atoms with van der Waals surface area (Å²) in [5.41, 5.74) is 7.46. The van der Waals surface area contributed by atoms with Gasteiger partial charge in [0, 0.05) is 31.9 Å². The molecule has 1 aliphatic heterocycles. The van der Waals surface area contributed by atoms with Gasteiger partial charge in [0.2, 0.25) is 5.95 Å². The van der Waals surface area contributed by atoms with E-state index in [1.165, 1.54) is 38.1 Å². The molecule has 3 unspecified atom stereocenters. The Labute approximate surface area is 122 Å². The summed E-state index contributed by atoms with van der Waals surface area (Å²) >= 11 is 0. The lowest BCUT2D eigenvalue weighted by atomic mass is 9.78. The Balaban J connectivity index is 1.76. The van der Waals surface area contributed by atoms with Crippen LogP contribution in [0.4, 0.5) is 5.95 Å². The van der Waals surface area contributed by atoms with Crippen LogP contribution in [0, 0.1) is 18.8 Å². The highest BCUT2D eigenvalue weighted by Crippen LogP contribution is 2.37. The number of nitrogens with two attached hydrogens (primary N) is 1. The Hall–Kier alpha value is -1.03. The Morgan fingerprint density at radius 2 is 2.20 bits per heavy atom. The van der Waals surface area contributed by atoms with Gasteiger partial charge in [-0.25, -0.2) is 4.98 Å². The fourth-order valence-corrected chi connectivity index (χ4v) is 3.96. The molecule has 0 bridgehead atoms. The monoisotopic (exact) mass is 276 g/mol. The van der Waals surface area contributed by atoms with Crippen molar-refractivity contribution in [2.45, 2.75) is 58.5 Å². The first kappa shape index (κ1) is 13.9. The van der Waals surface area contributed by atoms with Crippen LogP contribution in [0.3, 0.4) is 0 Å². The maximum atomic E-state index is 6.33. The molecule has 1 saturated carbocycles. The zero-order chi connectivity index (χ0) is 14.1. The predicted octanol–water partition coefficient (Wildman–Crippen LogP) is 2.56. The van der Waals surface area contributed by atoms with Crippen LogP contribution in [0.25, 0.3) is 0 Å². The van der Waals surface area contributed by atoms with Crippen LogP contribution < -0.4 is 10.6 Å². The third-order valence-electron chi connectivity index (χ3n) is 5.07. The van der Waals surface area contributed by atoms with Gasteiger partial charge >= 0.3 is 0 Å². The molecule has 1 aromatic heterocycles. The van der Waals surface area contributed by atoms with E-state index in [-0.39, 0.29) is 0 Å². The van der Waals surface area contributed by atoms with Crippen LogP contribution in [0.5, 0.6) is 0 Å². The van der Waals surface area contributed by atoms with Crippen molar-refractivity contribution in [1.29, 1.82) is 0 Å². The molecule has 0 aromatic carbocycles. The van der Waals surface area contributed by atoms with Crippen molar-refractivity contribution in [3.8, 4) is 0 Å². The molecule has 2 fully saturated rings. The third-order valence-corrected chi connectivity index (χ3v) is 5.07. The second-order valence-electron chi connectivity index (χ2n) is 6.65. The van der Waals surface area contributed by atoms with E-state index in [9.17, 15) is 0 Å². The fourth-order valence-electron chi connectivity index (χ4n) is 3.96. The van der Waals surface area contributed by atoms with Crippen molar-refractivity contribution in [3.05, 3.63) is 11.9 Å². The lowest BCUT2D eigenvalue weighted by Crippen LogP contribution is -2.38. The van der Waals surface area contributed by atoms with Crippen LogP contribution in [0.2, 0.25) is 0 Å². The normalized spacial score (nSPS) is 29.8. The molecule has 2 heterocycles. The first-order valence-electron chi connectivity index (χ1n) is 8.23. The molecule has 2 N–H and O–H groups in total. The molecular formula is C16H28N4. The Morgan fingerprint density at radius 3 is 2.95 bits per heavy atom. The van der Waals surface area contributed by atoms with Crippen molar-refractivity contribution in [3.63, 3.8) is 0 Å². The second kappa shape index (κ2) is 5.76. The van der Waals surface area contributed by atoms with Crippen LogP contribution in [0.1, 0.15) is 44.7 Å². The number of aryl methyl sites for hydroxylation is 2. The summed E-state index contributed by atoms with van der Waals surface area (Å²) in [6, 6.07) is 0.402. The van der Waals surface area contributed by atoms with Crippen molar-refractivity contribution < 1.29 is 0 Å². The first-order valence-corrected chi connectivity index (χ1v) is 8.23. The molecule has 4 heteroatoms. The zero-order valence-corrected chi connectivity index (χ0v) is 12.9. The highest BCUT2D eigenvalue weighted by atomic mass is 15.3. The highest BCUT2D eigenvalue weighted by molar-refractivity contribution is 5.36. The SMILES string of the molecule is CCCCn1cc(C)nc1N1CC2CCCC(N)C2C1. The summed E-state index contributed by atoms with van der Waals surface area (Å²) in [7, 11) is 0. The number of aromatic nitrogens is 2.